The lowest BCUT2D eigenvalue weighted by Gasteiger charge is -2.25. The van der Waals surface area contributed by atoms with Crippen molar-refractivity contribution in [3.05, 3.63) is 29.8 Å². The zero-order valence-electron chi connectivity index (χ0n) is 12.3. The number of carbonyl (C=O) groups is 1. The maximum atomic E-state index is 12.0. The number of hydrogen-bond acceptors (Lipinski definition) is 4. The Balaban J connectivity index is 2.63. The van der Waals surface area contributed by atoms with Gasteiger partial charge in [0.05, 0.1) is 11.9 Å². The molecule has 114 valence electrons. The second-order valence-corrected chi connectivity index (χ2v) is 7.25. The molecule has 2 N–H and O–H groups in total. The Labute approximate surface area is 125 Å². The summed E-state index contributed by atoms with van der Waals surface area (Å²) in [4.78, 5) is 10.9. The fourth-order valence-electron chi connectivity index (χ4n) is 2.48. The van der Waals surface area contributed by atoms with Crippen LogP contribution in [0, 0.1) is 0 Å². The van der Waals surface area contributed by atoms with E-state index in [1.54, 1.807) is 13.0 Å². The number of carbonyl (C=O) groups excluding carboxylic acids is 1. The van der Waals surface area contributed by atoms with Crippen LogP contribution in [0.15, 0.2) is 18.7 Å². The number of aldehydes is 1. The number of allylic oxidation sites excluding steroid dienone is 1. The van der Waals surface area contributed by atoms with Crippen molar-refractivity contribution in [1.82, 2.24) is 0 Å². The van der Waals surface area contributed by atoms with Crippen molar-refractivity contribution in [2.75, 3.05) is 22.8 Å². The molecule has 0 bridgehead atoms. The number of nitrogens with two attached hydrogens (primary N) is 1. The fraction of sp³-hybridized carbons (Fsp3) is 0.400. The van der Waals surface area contributed by atoms with Crippen LogP contribution >= 0.6 is 0 Å². The minimum atomic E-state index is -3.37. The average Bonchev–Trinajstić information content (AvgIpc) is 3.21. The van der Waals surface area contributed by atoms with Gasteiger partial charge in [0.1, 0.15) is 6.29 Å². The highest BCUT2D eigenvalue weighted by Gasteiger charge is 2.30. The van der Waals surface area contributed by atoms with Gasteiger partial charge in [-0.2, -0.15) is 0 Å². The van der Waals surface area contributed by atoms with Crippen LogP contribution in [0.1, 0.15) is 36.8 Å². The van der Waals surface area contributed by atoms with Gasteiger partial charge in [0.2, 0.25) is 10.0 Å². The molecule has 0 heterocycles. The van der Waals surface area contributed by atoms with E-state index in [4.69, 9.17) is 5.73 Å². The van der Waals surface area contributed by atoms with E-state index in [-0.39, 0.29) is 0 Å². The third kappa shape index (κ3) is 3.10. The summed E-state index contributed by atoms with van der Waals surface area (Å²) in [6.45, 7) is 5.81. The van der Waals surface area contributed by atoms with Crippen molar-refractivity contribution in [1.29, 1.82) is 0 Å². The molecule has 21 heavy (non-hydrogen) atoms. The van der Waals surface area contributed by atoms with E-state index in [1.165, 1.54) is 10.6 Å². The monoisotopic (exact) mass is 308 g/mol. The fourth-order valence-corrected chi connectivity index (χ4v) is 3.47. The van der Waals surface area contributed by atoms with Crippen LogP contribution in [-0.2, 0) is 14.8 Å². The number of nitrogen functional groups attached to an aromatic ring is 1. The molecule has 1 saturated carbocycles. The molecule has 1 aliphatic carbocycles. The number of rotatable bonds is 6. The first-order valence-electron chi connectivity index (χ1n) is 6.85. The molecule has 0 amide bonds. The molecule has 5 nitrogen and oxygen atoms in total. The molecule has 0 radical (unpaired) electrons. The molecule has 6 heteroatoms. The van der Waals surface area contributed by atoms with E-state index in [1.807, 2.05) is 6.07 Å². The molecule has 0 unspecified atom stereocenters. The Bertz CT molecular complexity index is 691. The van der Waals surface area contributed by atoms with Crippen molar-refractivity contribution in [2.45, 2.75) is 25.7 Å². The lowest BCUT2D eigenvalue weighted by Crippen LogP contribution is -2.30. The summed E-state index contributed by atoms with van der Waals surface area (Å²) < 4.78 is 25.3. The first-order valence-corrected chi connectivity index (χ1v) is 8.70. The Morgan fingerprint density at radius 2 is 2.10 bits per heavy atom. The van der Waals surface area contributed by atoms with E-state index >= 15 is 0 Å². The molecule has 1 fully saturated rings. The summed E-state index contributed by atoms with van der Waals surface area (Å²) >= 11 is 0. The summed E-state index contributed by atoms with van der Waals surface area (Å²) in [5, 5.41) is 0. The first kappa shape index (κ1) is 15.6. The topological polar surface area (TPSA) is 80.5 Å². The van der Waals surface area contributed by atoms with Gasteiger partial charge in [-0.05, 0) is 43.4 Å². The Morgan fingerprint density at radius 3 is 2.52 bits per heavy atom. The van der Waals surface area contributed by atoms with Crippen molar-refractivity contribution >= 4 is 33.3 Å². The number of nitrogens with zero attached hydrogens (tertiary/aromatic N) is 1. The van der Waals surface area contributed by atoms with Crippen LogP contribution in [0.25, 0.3) is 5.57 Å². The lowest BCUT2D eigenvalue weighted by atomic mass is 9.98. The predicted octanol–water partition coefficient (Wildman–Crippen LogP) is 2.14. The smallest absolute Gasteiger partial charge is 0.232 e. The molecule has 0 aliphatic heterocycles. The van der Waals surface area contributed by atoms with Crippen LogP contribution in [0.4, 0.5) is 11.4 Å². The van der Waals surface area contributed by atoms with Gasteiger partial charge in [-0.1, -0.05) is 6.58 Å². The molecule has 1 aromatic rings. The SMILES string of the molecule is C=C(C=O)c1cc(C2CC2)c(N(CC)S(C)(=O)=O)cc1N. The number of hydrogen-bond donors (Lipinski definition) is 1. The predicted molar refractivity (Wildman–Crippen MR) is 85.8 cm³/mol. The maximum absolute atomic E-state index is 12.0. The van der Waals surface area contributed by atoms with Crippen molar-refractivity contribution < 1.29 is 13.2 Å². The quantitative estimate of drug-likeness (QED) is 0.496. The second-order valence-electron chi connectivity index (χ2n) is 5.34. The maximum Gasteiger partial charge on any atom is 0.232 e. The highest BCUT2D eigenvalue weighted by atomic mass is 32.2. The van der Waals surface area contributed by atoms with E-state index in [0.29, 0.717) is 41.3 Å². The third-order valence-electron chi connectivity index (χ3n) is 3.66. The lowest BCUT2D eigenvalue weighted by molar-refractivity contribution is -0.103. The van der Waals surface area contributed by atoms with Gasteiger partial charge >= 0.3 is 0 Å². The second kappa shape index (κ2) is 5.52. The molecule has 0 saturated heterocycles. The van der Waals surface area contributed by atoms with Crippen LogP contribution < -0.4 is 10.0 Å². The van der Waals surface area contributed by atoms with Gasteiger partial charge in [-0.15, -0.1) is 0 Å². The summed E-state index contributed by atoms with van der Waals surface area (Å²) in [5.41, 5.74) is 8.78. The van der Waals surface area contributed by atoms with E-state index in [2.05, 4.69) is 6.58 Å². The summed E-state index contributed by atoms with van der Waals surface area (Å²) in [6.07, 6.45) is 3.88. The summed E-state index contributed by atoms with van der Waals surface area (Å²) in [6, 6.07) is 3.45. The van der Waals surface area contributed by atoms with Crippen LogP contribution in [-0.4, -0.2) is 27.5 Å². The normalized spacial score (nSPS) is 14.8. The number of benzene rings is 1. The third-order valence-corrected chi connectivity index (χ3v) is 4.92. The standard InChI is InChI=1S/C15H20N2O3S/c1-4-17(21(3,19)20)15-8-14(16)12(10(2)9-18)7-13(15)11-5-6-11/h7-9,11H,2,4-6,16H2,1,3H3. The van der Waals surface area contributed by atoms with Gasteiger partial charge in [-0.3, -0.25) is 9.10 Å². The minimum Gasteiger partial charge on any atom is -0.398 e. The molecular weight excluding hydrogens is 288 g/mol. The molecular formula is C15H20N2O3S. The Hall–Kier alpha value is -1.82. The highest BCUT2D eigenvalue weighted by molar-refractivity contribution is 7.92. The summed E-state index contributed by atoms with van der Waals surface area (Å²) in [5.74, 6) is 0.328. The van der Waals surface area contributed by atoms with Crippen LogP contribution in [0.2, 0.25) is 0 Å². The molecule has 0 aromatic heterocycles. The number of anilines is 2. The van der Waals surface area contributed by atoms with Gasteiger partial charge < -0.3 is 5.73 Å². The van der Waals surface area contributed by atoms with Gasteiger partial charge in [0.15, 0.2) is 0 Å². The number of sulfonamides is 1. The van der Waals surface area contributed by atoms with Gasteiger partial charge in [0, 0.05) is 23.4 Å². The van der Waals surface area contributed by atoms with E-state index < -0.39 is 10.0 Å². The van der Waals surface area contributed by atoms with Gasteiger partial charge in [-0.25, -0.2) is 8.42 Å². The Kier molecular flexibility index (Phi) is 4.09. The molecule has 0 spiro atoms. The van der Waals surface area contributed by atoms with Crippen molar-refractivity contribution in [3.63, 3.8) is 0 Å². The first-order chi connectivity index (χ1) is 9.79. The molecule has 2 rings (SSSR count). The minimum absolute atomic E-state index is 0.309. The summed E-state index contributed by atoms with van der Waals surface area (Å²) in [7, 11) is -3.37. The molecule has 0 atom stereocenters. The van der Waals surface area contributed by atoms with Crippen molar-refractivity contribution in [2.24, 2.45) is 0 Å². The van der Waals surface area contributed by atoms with Crippen LogP contribution in [0.5, 0.6) is 0 Å². The van der Waals surface area contributed by atoms with Gasteiger partial charge in [0.25, 0.3) is 0 Å². The van der Waals surface area contributed by atoms with Crippen molar-refractivity contribution in [3.8, 4) is 0 Å². The zero-order valence-corrected chi connectivity index (χ0v) is 13.1. The van der Waals surface area contributed by atoms with E-state index in [9.17, 15) is 13.2 Å². The highest BCUT2D eigenvalue weighted by Crippen LogP contribution is 2.46. The average molecular weight is 308 g/mol. The van der Waals surface area contributed by atoms with E-state index in [0.717, 1.165) is 18.4 Å². The van der Waals surface area contributed by atoms with Crippen LogP contribution in [0.3, 0.4) is 0 Å². The Morgan fingerprint density at radius 1 is 1.48 bits per heavy atom. The molecule has 1 aliphatic rings. The molecule has 1 aromatic carbocycles. The largest absolute Gasteiger partial charge is 0.398 e. The zero-order chi connectivity index (χ0) is 15.8.